The molecule has 0 fully saturated rings. The minimum absolute atomic E-state index is 0.142. The molecular weight excluding hydrogens is 228 g/mol. The molecular formula is C15H12OS. The lowest BCUT2D eigenvalue weighted by Crippen LogP contribution is -2.03. The first-order chi connectivity index (χ1) is 8.15. The van der Waals surface area contributed by atoms with Crippen LogP contribution in [0.2, 0.25) is 0 Å². The number of aryl methyl sites for hydroxylation is 2. The van der Waals surface area contributed by atoms with Crippen LogP contribution in [0.3, 0.4) is 0 Å². The summed E-state index contributed by atoms with van der Waals surface area (Å²) in [6.07, 6.45) is 0. The van der Waals surface area contributed by atoms with Crippen LogP contribution >= 0.6 is 11.3 Å². The maximum absolute atomic E-state index is 11.9. The highest BCUT2D eigenvalue weighted by Gasteiger charge is 2.02. The van der Waals surface area contributed by atoms with Crippen molar-refractivity contribution in [3.05, 3.63) is 56.4 Å². The van der Waals surface area contributed by atoms with E-state index in [2.05, 4.69) is 22.9 Å². The Morgan fingerprint density at radius 3 is 1.71 bits per heavy atom. The van der Waals surface area contributed by atoms with Crippen LogP contribution in [0.5, 0.6) is 0 Å². The highest BCUT2D eigenvalue weighted by molar-refractivity contribution is 7.09. The van der Waals surface area contributed by atoms with Gasteiger partial charge in [-0.25, -0.2) is 0 Å². The Balaban J connectivity index is 2.57. The molecule has 0 aliphatic heterocycles. The monoisotopic (exact) mass is 240 g/mol. The summed E-state index contributed by atoms with van der Waals surface area (Å²) in [7, 11) is 0. The molecule has 2 heteroatoms. The fraction of sp³-hybridized carbons (Fsp3) is 0.133. The van der Waals surface area contributed by atoms with E-state index in [1.54, 1.807) is 11.3 Å². The van der Waals surface area contributed by atoms with Gasteiger partial charge in [0.05, 0.1) is 0 Å². The molecule has 84 valence electrons. The van der Waals surface area contributed by atoms with Crippen LogP contribution in [0.4, 0.5) is 0 Å². The van der Waals surface area contributed by atoms with Gasteiger partial charge in [0.2, 0.25) is 0 Å². The third-order valence-electron chi connectivity index (χ3n) is 3.14. The summed E-state index contributed by atoms with van der Waals surface area (Å²) in [6, 6.07) is 8.30. The Bertz CT molecular complexity index is 722. The van der Waals surface area contributed by atoms with Crippen molar-refractivity contribution in [3.8, 4) is 0 Å². The zero-order chi connectivity index (χ0) is 12.0. The molecule has 2 aromatic carbocycles. The SMILES string of the molecule is Cc1cc2cc3cscc3cc2cc(C)c1=O. The quantitative estimate of drug-likeness (QED) is 0.579. The highest BCUT2D eigenvalue weighted by Crippen LogP contribution is 2.25. The standard InChI is InChI=1S/C15H12OS/c1-9-3-11-5-13-7-17-8-14(13)6-12(11)4-10(2)15(9)16/h3-8H,1-2H3. The van der Waals surface area contributed by atoms with Crippen molar-refractivity contribution in [1.29, 1.82) is 0 Å². The number of benzene rings is 1. The summed E-state index contributed by atoms with van der Waals surface area (Å²) < 4.78 is 0. The van der Waals surface area contributed by atoms with Crippen LogP contribution in [0.1, 0.15) is 11.1 Å². The van der Waals surface area contributed by atoms with Crippen LogP contribution < -0.4 is 5.43 Å². The Labute approximate surface area is 103 Å². The number of hydrogen-bond donors (Lipinski definition) is 0. The smallest absolute Gasteiger partial charge is 0.184 e. The second kappa shape index (κ2) is 3.67. The topological polar surface area (TPSA) is 17.1 Å². The van der Waals surface area contributed by atoms with E-state index >= 15 is 0 Å². The van der Waals surface area contributed by atoms with Gasteiger partial charge in [0, 0.05) is 0 Å². The van der Waals surface area contributed by atoms with Gasteiger partial charge in [-0.1, -0.05) is 0 Å². The average Bonchev–Trinajstić information content (AvgIpc) is 2.71. The molecule has 0 aliphatic carbocycles. The van der Waals surface area contributed by atoms with Gasteiger partial charge in [0.25, 0.3) is 0 Å². The van der Waals surface area contributed by atoms with E-state index in [-0.39, 0.29) is 5.43 Å². The summed E-state index contributed by atoms with van der Waals surface area (Å²) in [5.41, 5.74) is 1.77. The lowest BCUT2D eigenvalue weighted by molar-refractivity contribution is 1.35. The number of hydrogen-bond acceptors (Lipinski definition) is 2. The summed E-state index contributed by atoms with van der Waals surface area (Å²) >= 11 is 1.71. The summed E-state index contributed by atoms with van der Waals surface area (Å²) in [5.74, 6) is 0. The van der Waals surface area contributed by atoms with Gasteiger partial charge in [-0.2, -0.15) is 11.3 Å². The Morgan fingerprint density at radius 2 is 1.24 bits per heavy atom. The predicted molar refractivity (Wildman–Crippen MR) is 75.1 cm³/mol. The highest BCUT2D eigenvalue weighted by atomic mass is 32.1. The summed E-state index contributed by atoms with van der Waals surface area (Å²) in [4.78, 5) is 11.9. The molecule has 3 rings (SSSR count). The summed E-state index contributed by atoms with van der Waals surface area (Å²) in [6.45, 7) is 3.76. The second-order valence-corrected chi connectivity index (χ2v) is 5.21. The predicted octanol–water partition coefficient (Wildman–Crippen LogP) is 4.03. The van der Waals surface area contributed by atoms with E-state index in [0.717, 1.165) is 21.9 Å². The number of rotatable bonds is 0. The molecule has 0 unspecified atom stereocenters. The molecule has 0 bridgehead atoms. The minimum atomic E-state index is 0.142. The molecule has 0 saturated carbocycles. The van der Waals surface area contributed by atoms with Crippen LogP contribution in [0, 0.1) is 13.8 Å². The zero-order valence-electron chi connectivity index (χ0n) is 9.78. The number of fused-ring (bicyclic) bond motifs is 2. The van der Waals surface area contributed by atoms with Gasteiger partial charge in [0.1, 0.15) is 0 Å². The average molecular weight is 240 g/mol. The van der Waals surface area contributed by atoms with Crippen molar-refractivity contribution in [3.63, 3.8) is 0 Å². The van der Waals surface area contributed by atoms with Gasteiger partial charge in [-0.3, -0.25) is 4.79 Å². The Hall–Kier alpha value is -1.67. The van der Waals surface area contributed by atoms with E-state index in [1.807, 2.05) is 26.0 Å². The molecule has 0 saturated heterocycles. The van der Waals surface area contributed by atoms with Crippen LogP contribution in [0.15, 0.2) is 39.8 Å². The molecule has 17 heavy (non-hydrogen) atoms. The minimum Gasteiger partial charge on any atom is -0.289 e. The zero-order valence-corrected chi connectivity index (χ0v) is 10.6. The largest absolute Gasteiger partial charge is 0.289 e. The molecule has 0 aliphatic rings. The first-order valence-corrected chi connectivity index (χ1v) is 6.51. The van der Waals surface area contributed by atoms with E-state index in [0.29, 0.717) is 0 Å². The molecule has 1 heterocycles. The first-order valence-electron chi connectivity index (χ1n) is 5.56. The van der Waals surface area contributed by atoms with Crippen LogP contribution in [-0.2, 0) is 0 Å². The third kappa shape index (κ3) is 1.65. The van der Waals surface area contributed by atoms with Crippen molar-refractivity contribution in [2.24, 2.45) is 0 Å². The second-order valence-electron chi connectivity index (χ2n) is 4.47. The van der Waals surface area contributed by atoms with E-state index in [9.17, 15) is 4.79 Å². The Morgan fingerprint density at radius 1 is 0.765 bits per heavy atom. The molecule has 1 nitrogen and oxygen atoms in total. The van der Waals surface area contributed by atoms with Crippen molar-refractivity contribution >= 4 is 32.9 Å². The molecule has 0 spiro atoms. The third-order valence-corrected chi connectivity index (χ3v) is 3.92. The maximum Gasteiger partial charge on any atom is 0.184 e. The van der Waals surface area contributed by atoms with Crippen molar-refractivity contribution in [2.45, 2.75) is 13.8 Å². The molecule has 0 N–H and O–H groups in total. The van der Waals surface area contributed by atoms with Gasteiger partial charge >= 0.3 is 0 Å². The Kier molecular flexibility index (Phi) is 2.26. The van der Waals surface area contributed by atoms with Gasteiger partial charge in [-0.15, -0.1) is 0 Å². The molecule has 0 amide bonds. The fourth-order valence-electron chi connectivity index (χ4n) is 2.21. The van der Waals surface area contributed by atoms with Crippen molar-refractivity contribution in [2.75, 3.05) is 0 Å². The maximum atomic E-state index is 11.9. The molecule has 1 aromatic heterocycles. The van der Waals surface area contributed by atoms with E-state index < -0.39 is 0 Å². The van der Waals surface area contributed by atoms with Gasteiger partial charge < -0.3 is 0 Å². The van der Waals surface area contributed by atoms with E-state index in [4.69, 9.17) is 0 Å². The van der Waals surface area contributed by atoms with E-state index in [1.165, 1.54) is 10.8 Å². The lowest BCUT2D eigenvalue weighted by atomic mass is 10.1. The normalized spacial score (nSPS) is 11.2. The lowest BCUT2D eigenvalue weighted by Gasteiger charge is -1.94. The van der Waals surface area contributed by atoms with Gasteiger partial charge in [0.15, 0.2) is 5.43 Å². The first kappa shape index (κ1) is 10.5. The van der Waals surface area contributed by atoms with Crippen LogP contribution in [0.25, 0.3) is 21.5 Å². The number of thiophene rings is 1. The van der Waals surface area contributed by atoms with Crippen LogP contribution in [-0.4, -0.2) is 0 Å². The molecule has 3 aromatic rings. The summed E-state index contributed by atoms with van der Waals surface area (Å²) in [5, 5.41) is 9.05. The van der Waals surface area contributed by atoms with Gasteiger partial charge in [-0.05, 0) is 81.5 Å². The van der Waals surface area contributed by atoms with Crippen molar-refractivity contribution < 1.29 is 0 Å². The molecule has 0 atom stereocenters. The van der Waals surface area contributed by atoms with Crippen molar-refractivity contribution in [1.82, 2.24) is 0 Å². The fourth-order valence-corrected chi connectivity index (χ4v) is 2.98. The molecule has 0 radical (unpaired) electrons.